The van der Waals surface area contributed by atoms with Gasteiger partial charge < -0.3 is 9.84 Å². The number of alkyl halides is 3. The third-order valence-electron chi connectivity index (χ3n) is 3.30. The summed E-state index contributed by atoms with van der Waals surface area (Å²) in [6, 6.07) is 4.85. The van der Waals surface area contributed by atoms with Crippen LogP contribution in [0.4, 0.5) is 13.2 Å². The first-order valence-corrected chi connectivity index (χ1v) is 6.79. The maximum absolute atomic E-state index is 12.4. The van der Waals surface area contributed by atoms with Crippen molar-refractivity contribution in [3.8, 4) is 0 Å². The standard InChI is InChI=1S/C15H18F3NO2/c16-15(17,18)13-4-1-12(2-5-13)3-6-14(20)11-19-7-9-21-10-8-19/h1-6,14,20H,7-11H2/b6-3+. The van der Waals surface area contributed by atoms with Crippen molar-refractivity contribution in [3.05, 3.63) is 41.5 Å². The molecule has 116 valence electrons. The number of ether oxygens (including phenoxy) is 1. The lowest BCUT2D eigenvalue weighted by molar-refractivity contribution is -0.137. The van der Waals surface area contributed by atoms with Crippen LogP contribution in [0.25, 0.3) is 6.08 Å². The van der Waals surface area contributed by atoms with Crippen molar-refractivity contribution in [1.29, 1.82) is 0 Å². The Balaban J connectivity index is 1.88. The number of aliphatic hydroxyl groups is 1. The molecule has 0 aliphatic carbocycles. The van der Waals surface area contributed by atoms with Crippen LogP contribution in [0.1, 0.15) is 11.1 Å². The summed E-state index contributed by atoms with van der Waals surface area (Å²) >= 11 is 0. The van der Waals surface area contributed by atoms with Crippen LogP contribution in [0.15, 0.2) is 30.3 Å². The van der Waals surface area contributed by atoms with Gasteiger partial charge in [0, 0.05) is 19.6 Å². The number of hydrogen-bond donors (Lipinski definition) is 1. The van der Waals surface area contributed by atoms with Crippen LogP contribution in [-0.4, -0.2) is 49.0 Å². The van der Waals surface area contributed by atoms with Crippen molar-refractivity contribution in [1.82, 2.24) is 4.90 Å². The van der Waals surface area contributed by atoms with Crippen molar-refractivity contribution >= 4 is 6.08 Å². The van der Waals surface area contributed by atoms with Crippen LogP contribution in [0.5, 0.6) is 0 Å². The average Bonchev–Trinajstić information content (AvgIpc) is 2.46. The first kappa shape index (κ1) is 16.0. The molecule has 1 N–H and O–H groups in total. The molecular formula is C15H18F3NO2. The Morgan fingerprint density at radius 3 is 2.38 bits per heavy atom. The minimum atomic E-state index is -4.32. The van der Waals surface area contributed by atoms with Crippen molar-refractivity contribution in [3.63, 3.8) is 0 Å². The summed E-state index contributed by atoms with van der Waals surface area (Å²) in [5.74, 6) is 0. The largest absolute Gasteiger partial charge is 0.416 e. The zero-order chi connectivity index (χ0) is 15.3. The summed E-state index contributed by atoms with van der Waals surface area (Å²) in [5, 5.41) is 9.90. The smallest absolute Gasteiger partial charge is 0.388 e. The topological polar surface area (TPSA) is 32.7 Å². The SMILES string of the molecule is OC(/C=C/c1ccc(C(F)(F)F)cc1)CN1CCOCC1. The second-order valence-corrected chi connectivity index (χ2v) is 4.96. The summed E-state index contributed by atoms with van der Waals surface area (Å²) in [5.41, 5.74) is -0.0439. The van der Waals surface area contributed by atoms with E-state index in [1.54, 1.807) is 12.2 Å². The molecule has 1 aromatic rings. The minimum Gasteiger partial charge on any atom is -0.388 e. The van der Waals surface area contributed by atoms with Gasteiger partial charge in [-0.2, -0.15) is 13.2 Å². The minimum absolute atomic E-state index is 0.500. The van der Waals surface area contributed by atoms with Crippen molar-refractivity contribution in [2.45, 2.75) is 12.3 Å². The summed E-state index contributed by atoms with van der Waals surface area (Å²) in [7, 11) is 0. The molecule has 1 unspecified atom stereocenters. The second kappa shape index (κ2) is 7.06. The van der Waals surface area contributed by atoms with Gasteiger partial charge in [-0.1, -0.05) is 24.3 Å². The lowest BCUT2D eigenvalue weighted by atomic mass is 10.1. The van der Waals surface area contributed by atoms with E-state index in [0.29, 0.717) is 25.3 Å². The van der Waals surface area contributed by atoms with Gasteiger partial charge >= 0.3 is 6.18 Å². The van der Waals surface area contributed by atoms with Gasteiger partial charge in [-0.15, -0.1) is 0 Å². The highest BCUT2D eigenvalue weighted by Gasteiger charge is 2.29. The fourth-order valence-electron chi connectivity index (χ4n) is 2.11. The average molecular weight is 301 g/mol. The zero-order valence-electron chi connectivity index (χ0n) is 11.5. The number of morpholine rings is 1. The number of β-amino-alcohol motifs (C(OH)–C–C–N with tert-alkyl or cyclic N) is 1. The van der Waals surface area contributed by atoms with Crippen molar-refractivity contribution in [2.24, 2.45) is 0 Å². The zero-order valence-corrected chi connectivity index (χ0v) is 11.5. The van der Waals surface area contributed by atoms with Crippen LogP contribution in [0.2, 0.25) is 0 Å². The molecule has 1 aliphatic heterocycles. The summed E-state index contributed by atoms with van der Waals surface area (Å²) < 4.78 is 42.5. The van der Waals surface area contributed by atoms with Gasteiger partial charge in [-0.25, -0.2) is 0 Å². The number of rotatable bonds is 4. The molecule has 1 fully saturated rings. The van der Waals surface area contributed by atoms with E-state index in [-0.39, 0.29) is 0 Å². The highest BCUT2D eigenvalue weighted by molar-refractivity contribution is 5.50. The number of halogens is 3. The molecule has 0 radical (unpaired) electrons. The number of benzene rings is 1. The molecule has 6 heteroatoms. The van der Waals surface area contributed by atoms with Gasteiger partial charge in [0.05, 0.1) is 24.9 Å². The molecule has 1 heterocycles. The Morgan fingerprint density at radius 2 is 1.81 bits per heavy atom. The van der Waals surface area contributed by atoms with E-state index in [1.165, 1.54) is 12.1 Å². The maximum Gasteiger partial charge on any atom is 0.416 e. The monoisotopic (exact) mass is 301 g/mol. The predicted molar refractivity (Wildman–Crippen MR) is 73.7 cm³/mol. The molecule has 0 saturated carbocycles. The summed E-state index contributed by atoms with van der Waals surface area (Å²) in [6.45, 7) is 3.39. The van der Waals surface area contributed by atoms with E-state index in [1.807, 2.05) is 0 Å². The van der Waals surface area contributed by atoms with E-state index < -0.39 is 17.8 Å². The number of hydrogen-bond acceptors (Lipinski definition) is 3. The maximum atomic E-state index is 12.4. The Bertz CT molecular complexity index is 465. The van der Waals surface area contributed by atoms with E-state index >= 15 is 0 Å². The quantitative estimate of drug-likeness (QED) is 0.927. The second-order valence-electron chi connectivity index (χ2n) is 4.96. The van der Waals surface area contributed by atoms with Crippen LogP contribution < -0.4 is 0 Å². The molecule has 0 aromatic heterocycles. The molecular weight excluding hydrogens is 283 g/mol. The first-order chi connectivity index (χ1) is 9.95. The highest BCUT2D eigenvalue weighted by atomic mass is 19.4. The van der Waals surface area contributed by atoms with E-state index in [4.69, 9.17) is 4.74 Å². The van der Waals surface area contributed by atoms with Gasteiger partial charge in [0.15, 0.2) is 0 Å². The molecule has 0 spiro atoms. The third-order valence-corrected chi connectivity index (χ3v) is 3.30. The van der Waals surface area contributed by atoms with Crippen molar-refractivity contribution < 1.29 is 23.0 Å². The third kappa shape index (κ3) is 5.15. The lowest BCUT2D eigenvalue weighted by Crippen LogP contribution is -2.40. The predicted octanol–water partition coefficient (Wildman–Crippen LogP) is 2.41. The molecule has 0 bridgehead atoms. The Labute approximate surface area is 121 Å². The molecule has 2 rings (SSSR count). The molecule has 0 amide bonds. The highest BCUT2D eigenvalue weighted by Crippen LogP contribution is 2.29. The van der Waals surface area contributed by atoms with Crippen LogP contribution in [-0.2, 0) is 10.9 Å². The normalized spacial score (nSPS) is 19.0. The summed E-state index contributed by atoms with van der Waals surface area (Å²) in [4.78, 5) is 2.09. The van der Waals surface area contributed by atoms with Crippen molar-refractivity contribution in [2.75, 3.05) is 32.8 Å². The molecule has 21 heavy (non-hydrogen) atoms. The van der Waals surface area contributed by atoms with Crippen LogP contribution >= 0.6 is 0 Å². The summed E-state index contributed by atoms with van der Waals surface area (Å²) in [6.07, 6.45) is -1.74. The first-order valence-electron chi connectivity index (χ1n) is 6.79. The Kier molecular flexibility index (Phi) is 5.39. The molecule has 3 nitrogen and oxygen atoms in total. The van der Waals surface area contributed by atoms with Gasteiger partial charge in [0.1, 0.15) is 0 Å². The van der Waals surface area contributed by atoms with Gasteiger partial charge in [-0.3, -0.25) is 4.90 Å². The van der Waals surface area contributed by atoms with Crippen LogP contribution in [0.3, 0.4) is 0 Å². The van der Waals surface area contributed by atoms with Crippen LogP contribution in [0, 0.1) is 0 Å². The van der Waals surface area contributed by atoms with Gasteiger partial charge in [0.25, 0.3) is 0 Å². The fraction of sp³-hybridized carbons (Fsp3) is 0.467. The lowest BCUT2D eigenvalue weighted by Gasteiger charge is -2.27. The molecule has 1 saturated heterocycles. The fourth-order valence-corrected chi connectivity index (χ4v) is 2.11. The number of nitrogens with zero attached hydrogens (tertiary/aromatic N) is 1. The number of aliphatic hydroxyl groups excluding tert-OH is 1. The van der Waals surface area contributed by atoms with E-state index in [9.17, 15) is 18.3 Å². The van der Waals surface area contributed by atoms with Gasteiger partial charge in [0.2, 0.25) is 0 Å². The van der Waals surface area contributed by atoms with E-state index in [2.05, 4.69) is 4.90 Å². The Morgan fingerprint density at radius 1 is 1.19 bits per heavy atom. The Hall–Kier alpha value is -1.37. The van der Waals surface area contributed by atoms with Gasteiger partial charge in [-0.05, 0) is 17.7 Å². The molecule has 1 atom stereocenters. The molecule has 1 aliphatic rings. The molecule has 1 aromatic carbocycles. The van der Waals surface area contributed by atoms with E-state index in [0.717, 1.165) is 25.2 Å².